The summed E-state index contributed by atoms with van der Waals surface area (Å²) in [5.41, 5.74) is 4.59. The fourth-order valence-electron chi connectivity index (χ4n) is 3.80. The highest BCUT2D eigenvalue weighted by molar-refractivity contribution is 7.16. The molecule has 4 rings (SSSR count). The van der Waals surface area contributed by atoms with E-state index in [4.69, 9.17) is 4.74 Å². The van der Waals surface area contributed by atoms with E-state index in [9.17, 15) is 14.7 Å². The Morgan fingerprint density at radius 3 is 2.33 bits per heavy atom. The van der Waals surface area contributed by atoms with Crippen LogP contribution in [0.5, 0.6) is 0 Å². The Kier molecular flexibility index (Phi) is 5.81. The molecule has 0 bridgehead atoms. The molecule has 0 radical (unpaired) electrons. The molecule has 154 valence electrons. The molecule has 0 saturated carbocycles. The number of carboxylic acid groups (broad SMARTS) is 1. The first-order valence-electron chi connectivity index (χ1n) is 9.93. The van der Waals surface area contributed by atoms with Crippen LogP contribution in [0.25, 0.3) is 11.1 Å². The van der Waals surface area contributed by atoms with Crippen LogP contribution in [-0.2, 0) is 11.2 Å². The van der Waals surface area contributed by atoms with Crippen LogP contribution in [0.1, 0.15) is 52.2 Å². The van der Waals surface area contributed by atoms with E-state index in [1.165, 1.54) is 11.3 Å². The highest BCUT2D eigenvalue weighted by Crippen LogP contribution is 2.44. The predicted molar refractivity (Wildman–Crippen MR) is 116 cm³/mol. The van der Waals surface area contributed by atoms with Gasteiger partial charge in [-0.2, -0.15) is 0 Å². The standard InChI is InChI=1S/C23H22N2O4S/c1-2-3-12-19-20(21(26)27)24-22(30-19)25-23(28)29-13-18-16-10-6-4-8-14(16)15-9-5-7-11-17(15)18/h4-11,18H,2-3,12-13H2,1H3,(H,26,27)(H,24,25,28). The van der Waals surface area contributed by atoms with Crippen molar-refractivity contribution in [2.24, 2.45) is 0 Å². The summed E-state index contributed by atoms with van der Waals surface area (Å²) in [6.07, 6.45) is 1.81. The number of unbranched alkanes of at least 4 members (excludes halogenated alkanes) is 1. The molecular formula is C23H22N2O4S. The van der Waals surface area contributed by atoms with E-state index >= 15 is 0 Å². The Labute approximate surface area is 178 Å². The second kappa shape index (κ2) is 8.67. The minimum Gasteiger partial charge on any atom is -0.476 e. The number of nitrogens with zero attached hydrogens (tertiary/aromatic N) is 1. The summed E-state index contributed by atoms with van der Waals surface area (Å²) in [5.74, 6) is -1.12. The average Bonchev–Trinajstić information content (AvgIpc) is 3.30. The zero-order valence-electron chi connectivity index (χ0n) is 16.6. The maximum atomic E-state index is 12.4. The normalized spacial score (nSPS) is 12.3. The molecule has 0 aliphatic heterocycles. The largest absolute Gasteiger partial charge is 0.476 e. The lowest BCUT2D eigenvalue weighted by Gasteiger charge is -2.14. The van der Waals surface area contributed by atoms with E-state index in [1.807, 2.05) is 31.2 Å². The topological polar surface area (TPSA) is 88.5 Å². The quantitative estimate of drug-likeness (QED) is 0.521. The van der Waals surface area contributed by atoms with Crippen molar-refractivity contribution in [2.45, 2.75) is 32.1 Å². The Morgan fingerprint density at radius 1 is 1.10 bits per heavy atom. The fourth-order valence-corrected chi connectivity index (χ4v) is 4.78. The number of fused-ring (bicyclic) bond motifs is 3. The second-order valence-electron chi connectivity index (χ2n) is 7.15. The molecule has 3 aromatic rings. The number of nitrogens with one attached hydrogen (secondary N) is 1. The Morgan fingerprint density at radius 2 is 1.73 bits per heavy atom. The number of benzene rings is 2. The van der Waals surface area contributed by atoms with E-state index in [2.05, 4.69) is 34.6 Å². The first-order valence-corrected chi connectivity index (χ1v) is 10.7. The van der Waals surface area contributed by atoms with Crippen LogP contribution in [0.15, 0.2) is 48.5 Å². The van der Waals surface area contributed by atoms with Gasteiger partial charge in [-0.3, -0.25) is 5.32 Å². The highest BCUT2D eigenvalue weighted by Gasteiger charge is 2.29. The van der Waals surface area contributed by atoms with Gasteiger partial charge in [0.2, 0.25) is 0 Å². The van der Waals surface area contributed by atoms with E-state index in [0.29, 0.717) is 11.3 Å². The molecule has 0 unspecified atom stereocenters. The van der Waals surface area contributed by atoms with Gasteiger partial charge in [-0.1, -0.05) is 61.9 Å². The molecule has 0 saturated heterocycles. The minimum absolute atomic E-state index is 0.00222. The molecule has 2 N–H and O–H groups in total. The van der Waals surface area contributed by atoms with Gasteiger partial charge >= 0.3 is 12.1 Å². The van der Waals surface area contributed by atoms with Gasteiger partial charge < -0.3 is 9.84 Å². The third-order valence-corrected chi connectivity index (χ3v) is 6.24. The molecular weight excluding hydrogens is 400 g/mol. The monoisotopic (exact) mass is 422 g/mol. The summed E-state index contributed by atoms with van der Waals surface area (Å²) in [5, 5.41) is 12.2. The summed E-state index contributed by atoms with van der Waals surface area (Å²) >= 11 is 1.19. The minimum atomic E-state index is -1.09. The summed E-state index contributed by atoms with van der Waals surface area (Å²) in [6.45, 7) is 2.23. The number of rotatable bonds is 7. The van der Waals surface area contributed by atoms with Crippen molar-refractivity contribution in [3.63, 3.8) is 0 Å². The van der Waals surface area contributed by atoms with Crippen molar-refractivity contribution >= 4 is 28.5 Å². The number of hydrogen-bond donors (Lipinski definition) is 2. The van der Waals surface area contributed by atoms with Gasteiger partial charge in [0.05, 0.1) is 0 Å². The maximum Gasteiger partial charge on any atom is 0.413 e. The first-order chi connectivity index (χ1) is 14.6. The Hall–Kier alpha value is -3.19. The third-order valence-electron chi connectivity index (χ3n) is 5.21. The molecule has 1 aliphatic carbocycles. The molecule has 6 nitrogen and oxygen atoms in total. The zero-order valence-corrected chi connectivity index (χ0v) is 17.4. The molecule has 0 atom stereocenters. The number of hydrogen-bond acceptors (Lipinski definition) is 5. The lowest BCUT2D eigenvalue weighted by Crippen LogP contribution is -2.18. The van der Waals surface area contributed by atoms with Gasteiger partial charge in [-0.15, -0.1) is 11.3 Å². The molecule has 0 fully saturated rings. The van der Waals surface area contributed by atoms with Crippen LogP contribution in [0.2, 0.25) is 0 Å². The van der Waals surface area contributed by atoms with E-state index in [0.717, 1.165) is 35.1 Å². The number of aromatic carboxylic acids is 1. The molecule has 2 aromatic carbocycles. The van der Waals surface area contributed by atoms with Crippen molar-refractivity contribution < 1.29 is 19.4 Å². The second-order valence-corrected chi connectivity index (χ2v) is 8.23. The van der Waals surface area contributed by atoms with Gasteiger partial charge in [-0.05, 0) is 35.1 Å². The number of anilines is 1. The number of carbonyl (C=O) groups is 2. The van der Waals surface area contributed by atoms with Gasteiger partial charge in [0.25, 0.3) is 0 Å². The number of carbonyl (C=O) groups excluding carboxylic acids is 1. The van der Waals surface area contributed by atoms with Gasteiger partial charge in [0.1, 0.15) is 6.61 Å². The molecule has 0 spiro atoms. The highest BCUT2D eigenvalue weighted by atomic mass is 32.1. The van der Waals surface area contributed by atoms with Crippen LogP contribution in [0.4, 0.5) is 9.93 Å². The van der Waals surface area contributed by atoms with Crippen LogP contribution < -0.4 is 5.32 Å². The first kappa shape index (κ1) is 20.1. The molecule has 30 heavy (non-hydrogen) atoms. The number of thiazole rings is 1. The van der Waals surface area contributed by atoms with Crippen molar-refractivity contribution in [1.82, 2.24) is 4.98 Å². The SMILES string of the molecule is CCCCc1sc(NC(=O)OCC2c3ccccc3-c3ccccc32)nc1C(=O)O. The number of carboxylic acids is 1. The van der Waals surface area contributed by atoms with Crippen LogP contribution in [0.3, 0.4) is 0 Å². The van der Waals surface area contributed by atoms with Crippen molar-refractivity contribution in [3.8, 4) is 11.1 Å². The number of aromatic nitrogens is 1. The Balaban J connectivity index is 1.45. The summed E-state index contributed by atoms with van der Waals surface area (Å²) < 4.78 is 5.50. The third kappa shape index (κ3) is 3.93. The summed E-state index contributed by atoms with van der Waals surface area (Å²) in [7, 11) is 0. The van der Waals surface area contributed by atoms with Crippen molar-refractivity contribution in [2.75, 3.05) is 11.9 Å². The lowest BCUT2D eigenvalue weighted by molar-refractivity contribution is 0.0690. The number of amides is 1. The Bertz CT molecular complexity index is 1050. The maximum absolute atomic E-state index is 12.4. The van der Waals surface area contributed by atoms with Gasteiger partial charge in [0.15, 0.2) is 10.8 Å². The summed E-state index contributed by atoms with van der Waals surface area (Å²) in [6, 6.07) is 16.2. The predicted octanol–water partition coefficient (Wildman–Crippen LogP) is 5.54. The molecule has 7 heteroatoms. The molecule has 1 heterocycles. The number of aryl methyl sites for hydroxylation is 1. The molecule has 1 amide bonds. The van der Waals surface area contributed by atoms with E-state index in [-0.39, 0.29) is 23.4 Å². The fraction of sp³-hybridized carbons (Fsp3) is 0.261. The zero-order chi connectivity index (χ0) is 21.1. The lowest BCUT2D eigenvalue weighted by atomic mass is 9.98. The van der Waals surface area contributed by atoms with Crippen molar-refractivity contribution in [1.29, 1.82) is 0 Å². The molecule has 1 aliphatic rings. The average molecular weight is 423 g/mol. The van der Waals surface area contributed by atoms with Crippen LogP contribution in [0, 0.1) is 0 Å². The van der Waals surface area contributed by atoms with Gasteiger partial charge in [0, 0.05) is 10.8 Å². The number of ether oxygens (including phenoxy) is 1. The van der Waals surface area contributed by atoms with Crippen LogP contribution in [-0.4, -0.2) is 28.8 Å². The van der Waals surface area contributed by atoms with Crippen LogP contribution >= 0.6 is 11.3 Å². The molecule has 1 aromatic heterocycles. The summed E-state index contributed by atoms with van der Waals surface area (Å²) in [4.78, 5) is 28.5. The smallest absolute Gasteiger partial charge is 0.413 e. The van der Waals surface area contributed by atoms with E-state index in [1.54, 1.807) is 0 Å². The van der Waals surface area contributed by atoms with Gasteiger partial charge in [-0.25, -0.2) is 14.6 Å². The van der Waals surface area contributed by atoms with E-state index < -0.39 is 12.1 Å². The van der Waals surface area contributed by atoms with Crippen molar-refractivity contribution in [3.05, 3.63) is 70.2 Å².